The second kappa shape index (κ2) is 7.39. The van der Waals surface area contributed by atoms with Crippen molar-refractivity contribution in [2.75, 3.05) is 5.88 Å². The Bertz CT molecular complexity index is 197. The minimum absolute atomic E-state index is 0.0393. The van der Waals surface area contributed by atoms with E-state index in [9.17, 15) is 0 Å². The summed E-state index contributed by atoms with van der Waals surface area (Å²) in [7, 11) is 0. The van der Waals surface area contributed by atoms with Crippen LogP contribution in [0, 0.1) is 5.92 Å². The van der Waals surface area contributed by atoms with E-state index in [1.165, 1.54) is 12.8 Å². The van der Waals surface area contributed by atoms with Gasteiger partial charge in [-0.2, -0.15) is 0 Å². The molecule has 1 atom stereocenters. The molecule has 0 aromatic rings. The maximum Gasteiger partial charge on any atom is 0.0655 e. The molecule has 0 N–H and O–H groups in total. The van der Waals surface area contributed by atoms with Crippen LogP contribution in [0.25, 0.3) is 0 Å². The SMILES string of the molecule is CC(CCCl)CCCC(C)(C)N=C=S. The highest BCUT2D eigenvalue weighted by atomic mass is 35.5. The van der Waals surface area contributed by atoms with Gasteiger partial charge < -0.3 is 0 Å². The van der Waals surface area contributed by atoms with Gasteiger partial charge in [-0.05, 0) is 44.8 Å². The van der Waals surface area contributed by atoms with Crippen molar-refractivity contribution >= 4 is 29.0 Å². The van der Waals surface area contributed by atoms with Crippen LogP contribution in [0.1, 0.15) is 46.5 Å². The molecule has 0 fully saturated rings. The van der Waals surface area contributed by atoms with Gasteiger partial charge in [-0.1, -0.05) is 19.8 Å². The van der Waals surface area contributed by atoms with E-state index in [4.69, 9.17) is 11.6 Å². The number of nitrogens with zero attached hydrogens (tertiary/aromatic N) is 1. The van der Waals surface area contributed by atoms with Crippen molar-refractivity contribution in [2.24, 2.45) is 10.9 Å². The van der Waals surface area contributed by atoms with Gasteiger partial charge in [0.1, 0.15) is 0 Å². The van der Waals surface area contributed by atoms with Crippen LogP contribution in [0.15, 0.2) is 4.99 Å². The Kier molecular flexibility index (Phi) is 7.44. The van der Waals surface area contributed by atoms with E-state index in [0.29, 0.717) is 0 Å². The van der Waals surface area contributed by atoms with Gasteiger partial charge in [-0.25, -0.2) is 4.99 Å². The van der Waals surface area contributed by atoms with Gasteiger partial charge in [-0.15, -0.1) is 11.6 Å². The first-order valence-corrected chi connectivity index (χ1v) is 6.11. The van der Waals surface area contributed by atoms with Gasteiger partial charge in [-0.3, -0.25) is 0 Å². The van der Waals surface area contributed by atoms with Crippen molar-refractivity contribution in [3.05, 3.63) is 0 Å². The molecule has 0 aromatic heterocycles. The average molecular weight is 234 g/mol. The molecule has 0 saturated heterocycles. The minimum Gasteiger partial charge on any atom is -0.226 e. The monoisotopic (exact) mass is 233 g/mol. The van der Waals surface area contributed by atoms with Crippen molar-refractivity contribution in [3.8, 4) is 0 Å². The Balaban J connectivity index is 3.67. The standard InChI is InChI=1S/C11H20ClNS/c1-10(6-8-12)5-4-7-11(2,3)13-9-14/h10H,4-8H2,1-3H3. The summed E-state index contributed by atoms with van der Waals surface area (Å²) < 4.78 is 0. The lowest BCUT2D eigenvalue weighted by Crippen LogP contribution is -2.16. The van der Waals surface area contributed by atoms with Crippen molar-refractivity contribution < 1.29 is 0 Å². The molecule has 0 heterocycles. The average Bonchev–Trinajstić information content (AvgIpc) is 2.03. The van der Waals surface area contributed by atoms with Gasteiger partial charge in [0.2, 0.25) is 0 Å². The minimum atomic E-state index is -0.0393. The van der Waals surface area contributed by atoms with E-state index in [2.05, 4.69) is 43.1 Å². The molecule has 1 unspecified atom stereocenters. The lowest BCUT2D eigenvalue weighted by molar-refractivity contribution is 0.412. The van der Waals surface area contributed by atoms with Crippen molar-refractivity contribution in [2.45, 2.75) is 52.0 Å². The summed E-state index contributed by atoms with van der Waals surface area (Å²) in [6.45, 7) is 6.44. The molecule has 0 aromatic carbocycles. The van der Waals surface area contributed by atoms with E-state index in [1.807, 2.05) is 0 Å². The molecule has 0 amide bonds. The Morgan fingerprint density at radius 3 is 2.57 bits per heavy atom. The largest absolute Gasteiger partial charge is 0.226 e. The second-order valence-corrected chi connectivity index (χ2v) is 5.05. The number of thiocarbonyl (C=S) groups is 1. The number of rotatable bonds is 7. The first-order valence-electron chi connectivity index (χ1n) is 5.17. The van der Waals surface area contributed by atoms with Crippen LogP contribution in [0.4, 0.5) is 0 Å². The summed E-state index contributed by atoms with van der Waals surface area (Å²) in [6.07, 6.45) is 4.59. The fourth-order valence-corrected chi connectivity index (χ4v) is 2.01. The topological polar surface area (TPSA) is 12.4 Å². The third-order valence-electron chi connectivity index (χ3n) is 2.44. The molecule has 0 aliphatic rings. The summed E-state index contributed by atoms with van der Waals surface area (Å²) in [5.41, 5.74) is -0.0393. The lowest BCUT2D eigenvalue weighted by atomic mass is 9.94. The third kappa shape index (κ3) is 7.49. The summed E-state index contributed by atoms with van der Waals surface area (Å²) in [4.78, 5) is 4.14. The number of hydrogen-bond acceptors (Lipinski definition) is 2. The highest BCUT2D eigenvalue weighted by Crippen LogP contribution is 2.20. The third-order valence-corrected chi connectivity index (χ3v) is 2.75. The Labute approximate surface area is 97.9 Å². The van der Waals surface area contributed by atoms with E-state index in [1.54, 1.807) is 0 Å². The zero-order valence-corrected chi connectivity index (χ0v) is 10.9. The van der Waals surface area contributed by atoms with E-state index < -0.39 is 0 Å². The molecular formula is C11H20ClNS. The van der Waals surface area contributed by atoms with Crippen LogP contribution in [0.2, 0.25) is 0 Å². The van der Waals surface area contributed by atoms with Crippen LogP contribution in [0.3, 0.4) is 0 Å². The summed E-state index contributed by atoms with van der Waals surface area (Å²) in [6, 6.07) is 0. The molecule has 14 heavy (non-hydrogen) atoms. The van der Waals surface area contributed by atoms with E-state index in [-0.39, 0.29) is 5.54 Å². The fourth-order valence-electron chi connectivity index (χ4n) is 1.39. The molecule has 0 rings (SSSR count). The van der Waals surface area contributed by atoms with Gasteiger partial charge in [0.25, 0.3) is 0 Å². The fraction of sp³-hybridized carbons (Fsp3) is 0.909. The molecule has 0 saturated carbocycles. The Hall–Kier alpha value is 0.0900. The lowest BCUT2D eigenvalue weighted by Gasteiger charge is -2.18. The molecule has 0 aliphatic carbocycles. The van der Waals surface area contributed by atoms with Crippen LogP contribution in [-0.4, -0.2) is 16.6 Å². The number of hydrogen-bond donors (Lipinski definition) is 0. The van der Waals surface area contributed by atoms with E-state index in [0.717, 1.165) is 24.6 Å². The molecule has 1 nitrogen and oxygen atoms in total. The number of alkyl halides is 1. The normalized spacial score (nSPS) is 13.4. The van der Waals surface area contributed by atoms with Crippen molar-refractivity contribution in [3.63, 3.8) is 0 Å². The van der Waals surface area contributed by atoms with Gasteiger partial charge in [0.05, 0.1) is 10.7 Å². The van der Waals surface area contributed by atoms with Crippen molar-refractivity contribution in [1.29, 1.82) is 0 Å². The molecule has 3 heteroatoms. The highest BCUT2D eigenvalue weighted by Gasteiger charge is 2.15. The zero-order valence-electron chi connectivity index (χ0n) is 9.35. The summed E-state index contributed by atoms with van der Waals surface area (Å²) in [5, 5.41) is 2.46. The Morgan fingerprint density at radius 1 is 1.43 bits per heavy atom. The molecule has 0 bridgehead atoms. The molecule has 82 valence electrons. The van der Waals surface area contributed by atoms with Crippen LogP contribution < -0.4 is 0 Å². The molecule has 0 radical (unpaired) electrons. The molecule has 0 aliphatic heterocycles. The van der Waals surface area contributed by atoms with Gasteiger partial charge >= 0.3 is 0 Å². The second-order valence-electron chi connectivity index (χ2n) is 4.49. The maximum absolute atomic E-state index is 5.67. The number of aliphatic imine (C=N–C) groups is 1. The molecular weight excluding hydrogens is 214 g/mol. The van der Waals surface area contributed by atoms with Crippen LogP contribution in [0.5, 0.6) is 0 Å². The predicted octanol–water partition coefficient (Wildman–Crippen LogP) is 4.30. The predicted molar refractivity (Wildman–Crippen MR) is 67.5 cm³/mol. The maximum atomic E-state index is 5.67. The quantitative estimate of drug-likeness (QED) is 0.363. The van der Waals surface area contributed by atoms with Crippen LogP contribution >= 0.6 is 23.8 Å². The summed E-state index contributed by atoms with van der Waals surface area (Å²) in [5.74, 6) is 1.49. The first-order chi connectivity index (χ1) is 6.52. The Morgan fingerprint density at radius 2 is 2.07 bits per heavy atom. The van der Waals surface area contributed by atoms with E-state index >= 15 is 0 Å². The number of halogens is 1. The van der Waals surface area contributed by atoms with Crippen molar-refractivity contribution in [1.82, 2.24) is 0 Å². The van der Waals surface area contributed by atoms with Crippen LogP contribution in [-0.2, 0) is 0 Å². The van der Waals surface area contributed by atoms with Gasteiger partial charge in [0.15, 0.2) is 0 Å². The smallest absolute Gasteiger partial charge is 0.0655 e. The van der Waals surface area contributed by atoms with Gasteiger partial charge in [0, 0.05) is 5.88 Å². The summed E-state index contributed by atoms with van der Waals surface area (Å²) >= 11 is 10.3. The molecule has 0 spiro atoms. The number of isothiocyanates is 1. The highest BCUT2D eigenvalue weighted by molar-refractivity contribution is 7.78. The first kappa shape index (κ1) is 14.1. The zero-order chi connectivity index (χ0) is 11.0.